The lowest BCUT2D eigenvalue weighted by atomic mass is 9.94. The molecule has 2 atom stereocenters. The number of aliphatic hydroxyl groups is 1. The summed E-state index contributed by atoms with van der Waals surface area (Å²) in [5.74, 6) is 0.779. The van der Waals surface area contributed by atoms with Crippen LogP contribution in [-0.2, 0) is 6.42 Å². The molecule has 0 spiro atoms. The number of methoxy groups -OCH3 is 1. The first-order chi connectivity index (χ1) is 12.2. The third kappa shape index (κ3) is 3.00. The van der Waals surface area contributed by atoms with Crippen molar-refractivity contribution in [1.82, 2.24) is 5.32 Å². The van der Waals surface area contributed by atoms with Crippen molar-refractivity contribution in [1.29, 1.82) is 0 Å². The van der Waals surface area contributed by atoms with Gasteiger partial charge < -0.3 is 20.1 Å². The number of anilines is 1. The Morgan fingerprint density at radius 3 is 2.88 bits per heavy atom. The van der Waals surface area contributed by atoms with Gasteiger partial charge in [-0.25, -0.2) is 0 Å². The predicted molar refractivity (Wildman–Crippen MR) is 101 cm³/mol. The topological polar surface area (TPSA) is 44.7 Å². The summed E-state index contributed by atoms with van der Waals surface area (Å²) >= 11 is 0. The third-order valence-electron chi connectivity index (χ3n) is 5.49. The Bertz CT molecular complexity index is 772. The number of nitrogens with zero attached hydrogens (tertiary/aromatic N) is 1. The van der Waals surface area contributed by atoms with Crippen LogP contribution in [0.5, 0.6) is 5.75 Å². The zero-order valence-electron chi connectivity index (χ0n) is 15.0. The molecular weight excluding hydrogens is 312 g/mol. The molecule has 0 amide bonds. The molecule has 2 heterocycles. The normalized spacial score (nSPS) is 20.6. The number of aliphatic hydroxyl groups excluding tert-OH is 1. The smallest absolute Gasteiger partial charge is 0.119 e. The molecule has 2 aliphatic rings. The van der Waals surface area contributed by atoms with Crippen LogP contribution in [0.2, 0.25) is 0 Å². The highest BCUT2D eigenvalue weighted by Gasteiger charge is 2.30. The molecule has 1 saturated heterocycles. The van der Waals surface area contributed by atoms with Crippen LogP contribution in [0.25, 0.3) is 11.1 Å². The number of hydrogen-bond donors (Lipinski definition) is 2. The Morgan fingerprint density at radius 1 is 1.20 bits per heavy atom. The largest absolute Gasteiger partial charge is 0.497 e. The Kier molecular flexibility index (Phi) is 4.40. The molecule has 0 radical (unpaired) electrons. The average molecular weight is 338 g/mol. The van der Waals surface area contributed by atoms with Gasteiger partial charge in [-0.2, -0.15) is 0 Å². The van der Waals surface area contributed by atoms with E-state index in [4.69, 9.17) is 4.74 Å². The summed E-state index contributed by atoms with van der Waals surface area (Å²) in [5.41, 5.74) is 5.98. The summed E-state index contributed by atoms with van der Waals surface area (Å²) in [4.78, 5) is 2.56. The van der Waals surface area contributed by atoms with Crippen molar-refractivity contribution < 1.29 is 9.84 Å². The maximum absolute atomic E-state index is 10.2. The second-order valence-electron chi connectivity index (χ2n) is 7.06. The van der Waals surface area contributed by atoms with Crippen molar-refractivity contribution in [2.75, 3.05) is 31.6 Å². The zero-order valence-corrected chi connectivity index (χ0v) is 15.0. The van der Waals surface area contributed by atoms with E-state index < -0.39 is 6.10 Å². The standard InChI is InChI=1S/C21H26N2O2/c1-14(24)20-13-18(25-2)4-5-19(20)15-3-6-21-16(11-15)12-17-7-8-22-9-10-23(17)21/h3-6,11,13-14,17,22,24H,7-10,12H2,1-2H3. The van der Waals surface area contributed by atoms with Crippen molar-refractivity contribution in [3.63, 3.8) is 0 Å². The molecular formula is C21H26N2O2. The van der Waals surface area contributed by atoms with Crippen LogP contribution in [0, 0.1) is 0 Å². The van der Waals surface area contributed by atoms with Crippen LogP contribution in [0.3, 0.4) is 0 Å². The Morgan fingerprint density at radius 2 is 2.08 bits per heavy atom. The van der Waals surface area contributed by atoms with Crippen LogP contribution >= 0.6 is 0 Å². The lowest BCUT2D eigenvalue weighted by Gasteiger charge is -2.24. The SMILES string of the molecule is COc1ccc(-c2ccc3c(c2)CC2CCNCCN32)c(C(C)O)c1. The quantitative estimate of drug-likeness (QED) is 0.902. The predicted octanol–water partition coefficient (Wildman–Crippen LogP) is 3.14. The first-order valence-corrected chi connectivity index (χ1v) is 9.14. The molecule has 2 unspecified atom stereocenters. The highest BCUT2D eigenvalue weighted by Crippen LogP contribution is 2.38. The van der Waals surface area contributed by atoms with Gasteiger partial charge >= 0.3 is 0 Å². The van der Waals surface area contributed by atoms with E-state index in [0.717, 1.165) is 42.9 Å². The van der Waals surface area contributed by atoms with Gasteiger partial charge in [0.25, 0.3) is 0 Å². The van der Waals surface area contributed by atoms with Crippen molar-refractivity contribution >= 4 is 5.69 Å². The minimum absolute atomic E-state index is 0.528. The fourth-order valence-corrected chi connectivity index (χ4v) is 4.19. The molecule has 2 aromatic rings. The van der Waals surface area contributed by atoms with Crippen LogP contribution in [0.4, 0.5) is 5.69 Å². The molecule has 0 bridgehead atoms. The highest BCUT2D eigenvalue weighted by molar-refractivity contribution is 5.74. The van der Waals surface area contributed by atoms with E-state index in [1.54, 1.807) is 7.11 Å². The van der Waals surface area contributed by atoms with Crippen molar-refractivity contribution in [3.8, 4) is 16.9 Å². The molecule has 0 saturated carbocycles. The zero-order chi connectivity index (χ0) is 17.4. The van der Waals surface area contributed by atoms with Crippen LogP contribution < -0.4 is 15.0 Å². The molecule has 0 aromatic heterocycles. The molecule has 2 aromatic carbocycles. The fraction of sp³-hybridized carbons (Fsp3) is 0.429. The van der Waals surface area contributed by atoms with Crippen LogP contribution in [0.1, 0.15) is 30.6 Å². The van der Waals surface area contributed by atoms with Gasteiger partial charge in [0.05, 0.1) is 13.2 Å². The van der Waals surface area contributed by atoms with E-state index in [0.29, 0.717) is 6.04 Å². The van der Waals surface area contributed by atoms with Crippen LogP contribution in [0.15, 0.2) is 36.4 Å². The van der Waals surface area contributed by atoms with Crippen molar-refractivity contribution in [2.45, 2.75) is 31.9 Å². The summed E-state index contributed by atoms with van der Waals surface area (Å²) in [6.07, 6.45) is 1.79. The van der Waals surface area contributed by atoms with Crippen LogP contribution in [-0.4, -0.2) is 37.9 Å². The fourth-order valence-electron chi connectivity index (χ4n) is 4.19. The van der Waals surface area contributed by atoms with Gasteiger partial charge in [-0.1, -0.05) is 12.1 Å². The van der Waals surface area contributed by atoms with Gasteiger partial charge in [0, 0.05) is 24.8 Å². The molecule has 4 heteroatoms. The highest BCUT2D eigenvalue weighted by atomic mass is 16.5. The van der Waals surface area contributed by atoms with E-state index >= 15 is 0 Å². The minimum Gasteiger partial charge on any atom is -0.497 e. The second kappa shape index (κ2) is 6.70. The van der Waals surface area contributed by atoms with E-state index in [1.165, 1.54) is 23.2 Å². The average Bonchev–Trinajstić information content (AvgIpc) is 2.81. The summed E-state index contributed by atoms with van der Waals surface area (Å²) in [7, 11) is 1.66. The number of ether oxygens (including phenoxy) is 1. The van der Waals surface area contributed by atoms with Gasteiger partial charge in [0.1, 0.15) is 5.75 Å². The summed E-state index contributed by atoms with van der Waals surface area (Å²) in [6, 6.07) is 13.3. The molecule has 0 aliphatic carbocycles. The van der Waals surface area contributed by atoms with E-state index in [-0.39, 0.29) is 0 Å². The maximum atomic E-state index is 10.2. The lowest BCUT2D eigenvalue weighted by molar-refractivity contribution is 0.199. The lowest BCUT2D eigenvalue weighted by Crippen LogP contribution is -2.32. The van der Waals surface area contributed by atoms with Crippen molar-refractivity contribution in [2.24, 2.45) is 0 Å². The molecule has 4 nitrogen and oxygen atoms in total. The first-order valence-electron chi connectivity index (χ1n) is 9.14. The summed E-state index contributed by atoms with van der Waals surface area (Å²) in [6.45, 7) is 5.05. The molecule has 2 aliphatic heterocycles. The van der Waals surface area contributed by atoms with Crippen molar-refractivity contribution in [3.05, 3.63) is 47.5 Å². The number of nitrogens with one attached hydrogen (secondary N) is 1. The monoisotopic (exact) mass is 338 g/mol. The summed E-state index contributed by atoms with van der Waals surface area (Å²) in [5, 5.41) is 13.7. The molecule has 1 fully saturated rings. The first kappa shape index (κ1) is 16.4. The Hall–Kier alpha value is -2.04. The Labute approximate surface area is 149 Å². The Balaban J connectivity index is 1.72. The third-order valence-corrected chi connectivity index (χ3v) is 5.49. The number of hydrogen-bond acceptors (Lipinski definition) is 4. The molecule has 25 heavy (non-hydrogen) atoms. The summed E-state index contributed by atoms with van der Waals surface area (Å²) < 4.78 is 5.32. The van der Waals surface area contributed by atoms with E-state index in [1.807, 2.05) is 19.1 Å². The maximum Gasteiger partial charge on any atom is 0.119 e. The second-order valence-corrected chi connectivity index (χ2v) is 7.06. The molecule has 132 valence electrons. The van der Waals surface area contributed by atoms with Gasteiger partial charge in [0.15, 0.2) is 0 Å². The number of benzene rings is 2. The van der Waals surface area contributed by atoms with E-state index in [2.05, 4.69) is 34.5 Å². The van der Waals surface area contributed by atoms with Gasteiger partial charge in [-0.15, -0.1) is 0 Å². The number of rotatable bonds is 3. The van der Waals surface area contributed by atoms with Gasteiger partial charge in [-0.05, 0) is 72.8 Å². The van der Waals surface area contributed by atoms with Gasteiger partial charge in [-0.3, -0.25) is 0 Å². The molecule has 4 rings (SSSR count). The van der Waals surface area contributed by atoms with Gasteiger partial charge in [0.2, 0.25) is 0 Å². The number of fused-ring (bicyclic) bond motifs is 3. The minimum atomic E-state index is -0.528. The molecule has 2 N–H and O–H groups in total. The van der Waals surface area contributed by atoms with E-state index in [9.17, 15) is 5.11 Å².